The van der Waals surface area contributed by atoms with Gasteiger partial charge in [0.2, 0.25) is 5.91 Å². The van der Waals surface area contributed by atoms with E-state index in [1.807, 2.05) is 5.92 Å². The zero-order valence-electron chi connectivity index (χ0n) is 14.5. The zero-order chi connectivity index (χ0) is 19.9. The van der Waals surface area contributed by atoms with E-state index in [0.29, 0.717) is 0 Å². The number of terminal acetylenes is 1. The van der Waals surface area contributed by atoms with Crippen LogP contribution in [0.15, 0.2) is 38.0 Å². The molecule has 0 heterocycles. The van der Waals surface area contributed by atoms with Gasteiger partial charge in [-0.3, -0.25) is 9.59 Å². The van der Waals surface area contributed by atoms with Crippen LogP contribution in [0.5, 0.6) is 0 Å². The van der Waals surface area contributed by atoms with Gasteiger partial charge in [-0.1, -0.05) is 19.7 Å². The molecule has 140 valence electrons. The smallest absolute Gasteiger partial charge is 0.330 e. The molecule has 0 aliphatic rings. The minimum absolute atomic E-state index is 0.0372. The standard InChI is InChI=1S/C18H22N2O6/c1-5-15(21)19(11-13-25-17(23)7-3)9-10-20(16(22)6-2)12-14-26-18(24)8-4/h1,6-8H,2-4,9-14H2. The van der Waals surface area contributed by atoms with Gasteiger partial charge < -0.3 is 19.3 Å². The van der Waals surface area contributed by atoms with Crippen molar-refractivity contribution in [1.29, 1.82) is 0 Å². The number of rotatable bonds is 12. The molecule has 0 rings (SSSR count). The molecular weight excluding hydrogens is 340 g/mol. The van der Waals surface area contributed by atoms with E-state index in [-0.39, 0.29) is 39.4 Å². The van der Waals surface area contributed by atoms with Crippen LogP contribution < -0.4 is 0 Å². The van der Waals surface area contributed by atoms with Crippen LogP contribution in [0.4, 0.5) is 0 Å². The average Bonchev–Trinajstić information content (AvgIpc) is 2.66. The minimum atomic E-state index is -0.620. The molecule has 0 spiro atoms. The SMILES string of the molecule is C#CC(=O)N(CCOC(=O)C=C)CCN(CCOC(=O)C=C)C(=O)C=C. The predicted molar refractivity (Wildman–Crippen MR) is 94.5 cm³/mol. The first-order chi connectivity index (χ1) is 12.4. The number of carbonyl (C=O) groups excluding carboxylic acids is 4. The molecule has 0 saturated heterocycles. The molecule has 0 bridgehead atoms. The Hall–Kier alpha value is -3.34. The summed E-state index contributed by atoms with van der Waals surface area (Å²) in [4.78, 5) is 48.3. The molecule has 0 aliphatic carbocycles. The number of hydrogen-bond donors (Lipinski definition) is 0. The summed E-state index contributed by atoms with van der Waals surface area (Å²) in [6.45, 7) is 10.2. The first-order valence-corrected chi connectivity index (χ1v) is 7.64. The third-order valence-corrected chi connectivity index (χ3v) is 3.08. The van der Waals surface area contributed by atoms with Crippen molar-refractivity contribution >= 4 is 23.8 Å². The van der Waals surface area contributed by atoms with Gasteiger partial charge in [0.05, 0.1) is 13.1 Å². The molecule has 0 fully saturated rings. The predicted octanol–water partition coefficient (Wildman–Crippen LogP) is -0.0788. The summed E-state index contributed by atoms with van der Waals surface area (Å²) in [5, 5.41) is 0. The average molecular weight is 362 g/mol. The largest absolute Gasteiger partial charge is 0.461 e. The van der Waals surface area contributed by atoms with E-state index in [4.69, 9.17) is 15.9 Å². The highest BCUT2D eigenvalue weighted by atomic mass is 16.5. The molecule has 2 amide bonds. The van der Waals surface area contributed by atoms with Crippen LogP contribution in [0.1, 0.15) is 0 Å². The molecule has 0 saturated carbocycles. The van der Waals surface area contributed by atoms with Crippen LogP contribution in [-0.2, 0) is 28.7 Å². The number of ether oxygens (including phenoxy) is 2. The van der Waals surface area contributed by atoms with Gasteiger partial charge in [-0.05, 0) is 12.0 Å². The first-order valence-electron chi connectivity index (χ1n) is 7.64. The van der Waals surface area contributed by atoms with Gasteiger partial charge in [0.1, 0.15) is 13.2 Å². The van der Waals surface area contributed by atoms with E-state index in [1.165, 1.54) is 9.80 Å². The number of carbonyl (C=O) groups is 4. The molecule has 0 aromatic rings. The molecule has 0 unspecified atom stereocenters. The number of esters is 2. The van der Waals surface area contributed by atoms with Gasteiger partial charge in [-0.15, -0.1) is 6.42 Å². The number of amides is 2. The molecule has 0 radical (unpaired) electrons. The van der Waals surface area contributed by atoms with Crippen molar-refractivity contribution < 1.29 is 28.7 Å². The zero-order valence-corrected chi connectivity index (χ0v) is 14.5. The first kappa shape index (κ1) is 22.7. The fourth-order valence-electron chi connectivity index (χ4n) is 1.74. The quantitative estimate of drug-likeness (QED) is 0.274. The Morgan fingerprint density at radius 3 is 1.69 bits per heavy atom. The second kappa shape index (κ2) is 13.0. The van der Waals surface area contributed by atoms with Crippen LogP contribution in [0.2, 0.25) is 0 Å². The van der Waals surface area contributed by atoms with Crippen molar-refractivity contribution in [2.45, 2.75) is 0 Å². The van der Waals surface area contributed by atoms with Gasteiger partial charge >= 0.3 is 11.9 Å². The fourth-order valence-corrected chi connectivity index (χ4v) is 1.74. The van der Waals surface area contributed by atoms with Crippen LogP contribution in [0, 0.1) is 12.3 Å². The van der Waals surface area contributed by atoms with Gasteiger partial charge in [-0.25, -0.2) is 9.59 Å². The maximum atomic E-state index is 11.9. The van der Waals surface area contributed by atoms with Crippen LogP contribution in [0.25, 0.3) is 0 Å². The molecule has 0 aromatic carbocycles. The molecule has 0 N–H and O–H groups in total. The molecule has 0 aliphatic heterocycles. The third kappa shape index (κ3) is 9.08. The van der Waals surface area contributed by atoms with Crippen molar-refractivity contribution in [3.8, 4) is 12.3 Å². The lowest BCUT2D eigenvalue weighted by Crippen LogP contribution is -2.42. The number of nitrogens with zero attached hydrogens (tertiary/aromatic N) is 2. The summed E-state index contributed by atoms with van der Waals surface area (Å²) < 4.78 is 9.64. The Kier molecular flexibility index (Phi) is 11.3. The molecule has 0 aromatic heterocycles. The highest BCUT2D eigenvalue weighted by Gasteiger charge is 2.16. The maximum absolute atomic E-state index is 11.9. The van der Waals surface area contributed by atoms with E-state index in [1.54, 1.807) is 0 Å². The van der Waals surface area contributed by atoms with Crippen LogP contribution >= 0.6 is 0 Å². The maximum Gasteiger partial charge on any atom is 0.330 e. The molecule has 26 heavy (non-hydrogen) atoms. The van der Waals surface area contributed by atoms with Gasteiger partial charge in [0.25, 0.3) is 5.91 Å². The molecule has 8 nitrogen and oxygen atoms in total. The fraction of sp³-hybridized carbons (Fsp3) is 0.333. The normalized spacial score (nSPS) is 9.19. The Morgan fingerprint density at radius 2 is 1.27 bits per heavy atom. The van der Waals surface area contributed by atoms with Crippen molar-refractivity contribution in [1.82, 2.24) is 9.80 Å². The number of hydrogen-bond acceptors (Lipinski definition) is 6. The molecule has 0 atom stereocenters. The van der Waals surface area contributed by atoms with Crippen molar-refractivity contribution in [3.63, 3.8) is 0 Å². The Balaban J connectivity index is 4.71. The minimum Gasteiger partial charge on any atom is -0.461 e. The molecular formula is C18H22N2O6. The summed E-state index contributed by atoms with van der Waals surface area (Å²) >= 11 is 0. The van der Waals surface area contributed by atoms with Gasteiger partial charge in [0.15, 0.2) is 0 Å². The van der Waals surface area contributed by atoms with Gasteiger partial charge in [-0.2, -0.15) is 0 Å². The van der Waals surface area contributed by atoms with E-state index < -0.39 is 23.8 Å². The topological polar surface area (TPSA) is 93.2 Å². The lowest BCUT2D eigenvalue weighted by atomic mass is 10.3. The van der Waals surface area contributed by atoms with E-state index in [2.05, 4.69) is 19.7 Å². The lowest BCUT2D eigenvalue weighted by Gasteiger charge is -2.26. The lowest BCUT2D eigenvalue weighted by molar-refractivity contribution is -0.141. The van der Waals surface area contributed by atoms with E-state index in [0.717, 1.165) is 18.2 Å². The van der Waals surface area contributed by atoms with Crippen LogP contribution in [0.3, 0.4) is 0 Å². The Bertz CT molecular complexity index is 605. The van der Waals surface area contributed by atoms with Crippen molar-refractivity contribution in [2.75, 3.05) is 39.4 Å². The van der Waals surface area contributed by atoms with E-state index >= 15 is 0 Å². The Morgan fingerprint density at radius 1 is 0.808 bits per heavy atom. The summed E-state index contributed by atoms with van der Waals surface area (Å²) in [7, 11) is 0. The summed E-state index contributed by atoms with van der Waals surface area (Å²) in [6.07, 6.45) is 8.24. The Labute approximate surface area is 152 Å². The summed E-state index contributed by atoms with van der Waals surface area (Å²) in [5.41, 5.74) is 0. The second-order valence-electron chi connectivity index (χ2n) is 4.71. The third-order valence-electron chi connectivity index (χ3n) is 3.08. The van der Waals surface area contributed by atoms with E-state index in [9.17, 15) is 19.2 Å². The van der Waals surface area contributed by atoms with Crippen molar-refractivity contribution in [2.24, 2.45) is 0 Å². The summed E-state index contributed by atoms with van der Waals surface area (Å²) in [6, 6.07) is 0. The van der Waals surface area contributed by atoms with Gasteiger partial charge in [0, 0.05) is 25.2 Å². The van der Waals surface area contributed by atoms with Crippen LogP contribution in [-0.4, -0.2) is 72.9 Å². The highest BCUT2D eigenvalue weighted by Crippen LogP contribution is 1.97. The summed E-state index contributed by atoms with van der Waals surface area (Å²) in [5.74, 6) is -0.260. The monoisotopic (exact) mass is 362 g/mol. The second-order valence-corrected chi connectivity index (χ2v) is 4.71. The van der Waals surface area contributed by atoms with Crippen molar-refractivity contribution in [3.05, 3.63) is 38.0 Å². The molecule has 8 heteroatoms. The highest BCUT2D eigenvalue weighted by molar-refractivity contribution is 5.93.